The van der Waals surface area contributed by atoms with Gasteiger partial charge in [0.2, 0.25) is 5.91 Å². The SMILES string of the molecule is COc1ccccc1C(C)NC(=O)Cn1c(=O)oc2ccc([N+](=O)[O-])cc21. The summed E-state index contributed by atoms with van der Waals surface area (Å²) in [5.41, 5.74) is 0.957. The van der Waals surface area contributed by atoms with E-state index in [1.165, 1.54) is 25.3 Å². The molecule has 0 aliphatic carbocycles. The molecule has 1 aromatic heterocycles. The highest BCUT2D eigenvalue weighted by Crippen LogP contribution is 2.24. The predicted octanol–water partition coefficient (Wildman–Crippen LogP) is 2.39. The van der Waals surface area contributed by atoms with Crippen LogP contribution in [0.15, 0.2) is 51.7 Å². The van der Waals surface area contributed by atoms with Crippen molar-refractivity contribution in [2.24, 2.45) is 0 Å². The van der Waals surface area contributed by atoms with Crippen LogP contribution < -0.4 is 15.8 Å². The third kappa shape index (κ3) is 3.66. The van der Waals surface area contributed by atoms with E-state index < -0.39 is 16.6 Å². The molecule has 2 aromatic carbocycles. The Labute approximate surface area is 153 Å². The number of amides is 1. The molecule has 9 heteroatoms. The summed E-state index contributed by atoms with van der Waals surface area (Å²) in [7, 11) is 1.54. The Morgan fingerprint density at radius 3 is 2.78 bits per heavy atom. The summed E-state index contributed by atoms with van der Waals surface area (Å²) >= 11 is 0. The molecule has 0 saturated heterocycles. The lowest BCUT2D eigenvalue weighted by Gasteiger charge is -2.17. The monoisotopic (exact) mass is 371 g/mol. The van der Waals surface area contributed by atoms with E-state index in [2.05, 4.69) is 5.32 Å². The molecule has 27 heavy (non-hydrogen) atoms. The summed E-state index contributed by atoms with van der Waals surface area (Å²) in [4.78, 5) is 34.8. The number of fused-ring (bicyclic) bond motifs is 1. The van der Waals surface area contributed by atoms with E-state index >= 15 is 0 Å². The van der Waals surface area contributed by atoms with Crippen molar-refractivity contribution in [1.82, 2.24) is 9.88 Å². The van der Waals surface area contributed by atoms with Gasteiger partial charge in [-0.25, -0.2) is 4.79 Å². The van der Waals surface area contributed by atoms with E-state index in [1.54, 1.807) is 13.0 Å². The molecule has 1 atom stereocenters. The highest BCUT2D eigenvalue weighted by atomic mass is 16.6. The third-order valence-electron chi connectivity index (χ3n) is 4.15. The number of nitrogens with zero attached hydrogens (tertiary/aromatic N) is 2. The van der Waals surface area contributed by atoms with Gasteiger partial charge in [0.15, 0.2) is 5.58 Å². The number of nitrogens with one attached hydrogen (secondary N) is 1. The number of para-hydroxylation sites is 1. The van der Waals surface area contributed by atoms with Crippen molar-refractivity contribution in [3.8, 4) is 5.75 Å². The molecule has 3 rings (SSSR count). The number of benzene rings is 2. The van der Waals surface area contributed by atoms with Crippen molar-refractivity contribution in [1.29, 1.82) is 0 Å². The minimum Gasteiger partial charge on any atom is -0.496 e. The second kappa shape index (κ2) is 7.32. The lowest BCUT2D eigenvalue weighted by molar-refractivity contribution is -0.384. The van der Waals surface area contributed by atoms with Crippen LogP contribution in [0.2, 0.25) is 0 Å². The molecule has 0 aliphatic rings. The molecule has 1 heterocycles. The van der Waals surface area contributed by atoms with Gasteiger partial charge in [0.25, 0.3) is 5.69 Å². The van der Waals surface area contributed by atoms with Gasteiger partial charge < -0.3 is 14.5 Å². The fourth-order valence-electron chi connectivity index (χ4n) is 2.85. The van der Waals surface area contributed by atoms with Crippen LogP contribution in [0.4, 0.5) is 5.69 Å². The highest BCUT2D eigenvalue weighted by molar-refractivity contribution is 5.81. The summed E-state index contributed by atoms with van der Waals surface area (Å²) < 4.78 is 11.4. The van der Waals surface area contributed by atoms with Crippen LogP contribution in [-0.2, 0) is 11.3 Å². The fraction of sp³-hybridized carbons (Fsp3) is 0.222. The minimum atomic E-state index is -0.759. The Balaban J connectivity index is 1.83. The summed E-state index contributed by atoms with van der Waals surface area (Å²) in [6, 6.07) is 10.7. The van der Waals surface area contributed by atoms with Crippen LogP contribution in [0.25, 0.3) is 11.1 Å². The van der Waals surface area contributed by atoms with Gasteiger partial charge in [-0.3, -0.25) is 19.5 Å². The summed E-state index contributed by atoms with van der Waals surface area (Å²) in [5, 5.41) is 13.7. The molecule has 1 amide bonds. The van der Waals surface area contributed by atoms with Crippen molar-refractivity contribution in [3.05, 3.63) is 68.7 Å². The minimum absolute atomic E-state index is 0.177. The van der Waals surface area contributed by atoms with Gasteiger partial charge in [0.05, 0.1) is 23.6 Å². The van der Waals surface area contributed by atoms with Gasteiger partial charge in [-0.05, 0) is 19.1 Å². The van der Waals surface area contributed by atoms with Crippen molar-refractivity contribution in [3.63, 3.8) is 0 Å². The Hall–Kier alpha value is -3.62. The number of hydrogen-bond donors (Lipinski definition) is 1. The van der Waals surface area contributed by atoms with Crippen LogP contribution in [0.1, 0.15) is 18.5 Å². The maximum atomic E-state index is 12.4. The number of nitro benzene ring substituents is 1. The van der Waals surface area contributed by atoms with Crippen LogP contribution in [0.3, 0.4) is 0 Å². The van der Waals surface area contributed by atoms with E-state index in [0.29, 0.717) is 5.75 Å². The molecule has 0 spiro atoms. The molecule has 0 fully saturated rings. The number of carbonyl (C=O) groups is 1. The summed E-state index contributed by atoms with van der Waals surface area (Å²) in [6.45, 7) is 1.46. The maximum Gasteiger partial charge on any atom is 0.420 e. The summed E-state index contributed by atoms with van der Waals surface area (Å²) in [6.07, 6.45) is 0. The van der Waals surface area contributed by atoms with Gasteiger partial charge in [-0.15, -0.1) is 0 Å². The van der Waals surface area contributed by atoms with Gasteiger partial charge >= 0.3 is 5.76 Å². The van der Waals surface area contributed by atoms with E-state index in [9.17, 15) is 19.7 Å². The molecule has 1 N–H and O–H groups in total. The third-order valence-corrected chi connectivity index (χ3v) is 4.15. The van der Waals surface area contributed by atoms with Gasteiger partial charge in [-0.2, -0.15) is 0 Å². The predicted molar refractivity (Wildman–Crippen MR) is 96.7 cm³/mol. The Morgan fingerprint density at radius 2 is 2.07 bits per heavy atom. The number of nitro groups is 1. The molecule has 0 aliphatic heterocycles. The smallest absolute Gasteiger partial charge is 0.420 e. The van der Waals surface area contributed by atoms with Crippen LogP contribution in [0, 0.1) is 10.1 Å². The first-order valence-corrected chi connectivity index (χ1v) is 8.10. The zero-order chi connectivity index (χ0) is 19.6. The maximum absolute atomic E-state index is 12.4. The molecule has 140 valence electrons. The number of carbonyl (C=O) groups excluding carboxylic acids is 1. The normalized spacial score (nSPS) is 11.9. The number of non-ortho nitro benzene ring substituents is 1. The number of oxazole rings is 1. The van der Waals surface area contributed by atoms with Gasteiger partial charge in [0, 0.05) is 17.7 Å². The molecule has 1 unspecified atom stereocenters. The average molecular weight is 371 g/mol. The molecule has 0 bridgehead atoms. The lowest BCUT2D eigenvalue weighted by Crippen LogP contribution is -2.32. The van der Waals surface area contributed by atoms with Gasteiger partial charge in [-0.1, -0.05) is 18.2 Å². The lowest BCUT2D eigenvalue weighted by atomic mass is 10.1. The topological polar surface area (TPSA) is 117 Å². The quantitative estimate of drug-likeness (QED) is 0.525. The standard InChI is InChI=1S/C18H17N3O6/c1-11(13-5-3-4-6-15(13)26-2)19-17(22)10-20-14-9-12(21(24)25)7-8-16(14)27-18(20)23/h3-9,11H,10H2,1-2H3,(H,19,22). The first-order chi connectivity index (χ1) is 12.9. The van der Waals surface area contributed by atoms with Crippen LogP contribution in [0.5, 0.6) is 5.75 Å². The van der Waals surface area contributed by atoms with E-state index in [1.807, 2.05) is 18.2 Å². The average Bonchev–Trinajstić information content (AvgIpc) is 2.96. The van der Waals surface area contributed by atoms with Crippen LogP contribution >= 0.6 is 0 Å². The van der Waals surface area contributed by atoms with Crippen LogP contribution in [-0.4, -0.2) is 22.5 Å². The molecule has 9 nitrogen and oxygen atoms in total. The molecule has 0 saturated carbocycles. The van der Waals surface area contributed by atoms with E-state index in [-0.39, 0.29) is 29.4 Å². The van der Waals surface area contributed by atoms with Crippen molar-refractivity contribution >= 4 is 22.7 Å². The first kappa shape index (κ1) is 18.2. The second-order valence-electron chi connectivity index (χ2n) is 5.89. The summed E-state index contributed by atoms with van der Waals surface area (Å²) in [5.74, 6) is -0.567. The Kier molecular flexibility index (Phi) is 4.93. The first-order valence-electron chi connectivity index (χ1n) is 8.10. The number of rotatable bonds is 6. The Morgan fingerprint density at radius 1 is 1.33 bits per heavy atom. The van der Waals surface area contributed by atoms with Crippen molar-refractivity contribution < 1.29 is 18.9 Å². The zero-order valence-corrected chi connectivity index (χ0v) is 14.7. The van der Waals surface area contributed by atoms with E-state index in [4.69, 9.17) is 9.15 Å². The molecule has 0 radical (unpaired) electrons. The van der Waals surface area contributed by atoms with Gasteiger partial charge in [0.1, 0.15) is 12.3 Å². The number of ether oxygens (including phenoxy) is 1. The van der Waals surface area contributed by atoms with Crippen molar-refractivity contribution in [2.75, 3.05) is 7.11 Å². The Bertz CT molecular complexity index is 1070. The fourth-order valence-corrected chi connectivity index (χ4v) is 2.85. The van der Waals surface area contributed by atoms with E-state index in [0.717, 1.165) is 10.1 Å². The number of methoxy groups -OCH3 is 1. The second-order valence-corrected chi connectivity index (χ2v) is 5.89. The number of aromatic nitrogens is 1. The van der Waals surface area contributed by atoms with Crippen molar-refractivity contribution in [2.45, 2.75) is 19.5 Å². The number of hydrogen-bond acceptors (Lipinski definition) is 6. The molecular weight excluding hydrogens is 354 g/mol. The highest BCUT2D eigenvalue weighted by Gasteiger charge is 2.18. The largest absolute Gasteiger partial charge is 0.496 e. The molecular formula is C18H17N3O6. The zero-order valence-electron chi connectivity index (χ0n) is 14.7. The molecule has 3 aromatic rings.